The number of rotatable bonds is 8. The number of carbonyl (C=O) groups excluding carboxylic acids is 3. The molecule has 2 aromatic carbocycles. The second-order valence-electron chi connectivity index (χ2n) is 7.97. The summed E-state index contributed by atoms with van der Waals surface area (Å²) in [4.78, 5) is 34.9. The molecule has 0 aliphatic carbocycles. The largest absolute Gasteiger partial charge is 1.00 e. The zero-order valence-corrected chi connectivity index (χ0v) is 33.5. The molecule has 45 heavy (non-hydrogen) atoms. The van der Waals surface area contributed by atoms with Crippen LogP contribution in [0.25, 0.3) is 11.8 Å². The molecule has 1 N–H and O–H groups in total. The number of nitrogens with zero attached hydrogens (tertiary/aromatic N) is 4. The van der Waals surface area contributed by atoms with E-state index in [2.05, 4.69) is 10.2 Å². The monoisotopic (exact) mass is 692 g/mol. The molecule has 0 spiro atoms. The summed E-state index contributed by atoms with van der Waals surface area (Å²) in [5.74, 6) is -5.50. The maximum Gasteiger partial charge on any atom is 1.00 e. The molecule has 1 amide bonds. The van der Waals surface area contributed by atoms with E-state index in [0.29, 0.717) is 9.69 Å². The van der Waals surface area contributed by atoms with Crippen LogP contribution in [0.2, 0.25) is 0 Å². The summed E-state index contributed by atoms with van der Waals surface area (Å²) in [6.07, 6.45) is 2.85. The summed E-state index contributed by atoms with van der Waals surface area (Å²) >= 11 is 0. The van der Waals surface area contributed by atoms with Gasteiger partial charge in [-0.05, 0) is 60.7 Å². The number of hydrogen-bond donors (Lipinski definition) is 1. The Morgan fingerprint density at radius 3 is 1.67 bits per heavy atom. The molecule has 1 aromatic heterocycles. The average Bonchev–Trinajstić information content (AvgIpc) is 3.40. The van der Waals surface area contributed by atoms with Gasteiger partial charge in [-0.15, -0.1) is 0 Å². The average molecular weight is 692 g/mol. The smallest absolute Gasteiger partial charge is 0.744 e. The van der Waals surface area contributed by atoms with E-state index in [1.807, 2.05) is 0 Å². The molecule has 0 radical (unpaired) electrons. The summed E-state index contributed by atoms with van der Waals surface area (Å²) in [5.41, 5.74) is -2.77. The minimum atomic E-state index is -4.79. The Hall–Kier alpha value is -1.17. The minimum Gasteiger partial charge on any atom is -0.744 e. The molecule has 0 bridgehead atoms. The summed E-state index contributed by atoms with van der Waals surface area (Å²) in [7, 11) is -9.57. The number of aromatic hydroxyl groups is 1. The standard InChI is InChI=1S/C23H16N4O12S2.4Na/c28-20-16(18(22(30)31)24-26(20)12-4-8-14(9-5-12)40(34,35)36)2-1-3-17-19(23(32)33)25-27(21(17)29)13-6-10-15(11-7-13)41(37,38)39;;;;/h1-11,28H,(H,30,31)(H,32,33)(H,34,35,36)(H,37,38,39);;;;/q;4*+1/p-4. The first-order chi connectivity index (χ1) is 19.1. The fraction of sp³-hybridized carbons (Fsp3) is 0. The number of amides is 1. The van der Waals surface area contributed by atoms with Gasteiger partial charge in [0.15, 0.2) is 0 Å². The first kappa shape index (κ1) is 43.8. The molecular weight excluding hydrogens is 680 g/mol. The Balaban J connectivity index is 0.00000484. The van der Waals surface area contributed by atoms with Crippen LogP contribution in [0, 0.1) is 0 Å². The van der Waals surface area contributed by atoms with Crippen molar-refractivity contribution in [2.75, 3.05) is 5.01 Å². The van der Waals surface area contributed by atoms with Crippen LogP contribution in [0.1, 0.15) is 16.1 Å². The quantitative estimate of drug-likeness (QED) is 0.131. The van der Waals surface area contributed by atoms with Gasteiger partial charge in [-0.2, -0.15) is 15.2 Å². The summed E-state index contributed by atoms with van der Waals surface area (Å²) < 4.78 is 67.4. The van der Waals surface area contributed by atoms with Gasteiger partial charge in [-0.25, -0.2) is 21.5 Å². The number of anilines is 1. The van der Waals surface area contributed by atoms with Crippen LogP contribution in [0.4, 0.5) is 5.69 Å². The third-order valence-electron chi connectivity index (χ3n) is 5.43. The van der Waals surface area contributed by atoms with Crippen molar-refractivity contribution < 1.29 is 174 Å². The number of aliphatic carboxylic acids is 1. The van der Waals surface area contributed by atoms with Crippen molar-refractivity contribution in [2.45, 2.75) is 9.79 Å². The van der Waals surface area contributed by atoms with Crippen molar-refractivity contribution in [2.24, 2.45) is 5.10 Å². The van der Waals surface area contributed by atoms with Crippen LogP contribution in [-0.4, -0.2) is 64.4 Å². The van der Waals surface area contributed by atoms with Crippen molar-refractivity contribution in [3.8, 4) is 11.6 Å². The third-order valence-corrected chi connectivity index (χ3v) is 7.13. The molecule has 0 atom stereocenters. The molecule has 0 unspecified atom stereocenters. The van der Waals surface area contributed by atoms with Crippen molar-refractivity contribution in [3.63, 3.8) is 0 Å². The van der Waals surface area contributed by atoms with Crippen LogP contribution in [-0.2, 0) is 29.8 Å². The summed E-state index contributed by atoms with van der Waals surface area (Å²) in [5, 5.41) is 41.7. The van der Waals surface area contributed by atoms with Crippen molar-refractivity contribution in [3.05, 3.63) is 77.5 Å². The number of hydrogen-bond acceptors (Lipinski definition) is 14. The van der Waals surface area contributed by atoms with E-state index in [9.17, 15) is 55.6 Å². The zero-order chi connectivity index (χ0) is 30.3. The van der Waals surface area contributed by atoms with Gasteiger partial charge in [0.25, 0.3) is 5.91 Å². The van der Waals surface area contributed by atoms with Gasteiger partial charge >= 0.3 is 118 Å². The van der Waals surface area contributed by atoms with Crippen LogP contribution in [0.15, 0.2) is 81.1 Å². The van der Waals surface area contributed by atoms with E-state index in [1.54, 1.807) is 0 Å². The van der Waals surface area contributed by atoms with Gasteiger partial charge in [0, 0.05) is 0 Å². The fourth-order valence-corrected chi connectivity index (χ4v) is 4.48. The molecule has 0 saturated carbocycles. The number of hydrazone groups is 1. The van der Waals surface area contributed by atoms with E-state index >= 15 is 0 Å². The normalized spacial score (nSPS) is 13.7. The molecular formula is C23H12N4Na4O12S2. The van der Waals surface area contributed by atoms with Crippen molar-refractivity contribution in [1.29, 1.82) is 0 Å². The van der Waals surface area contributed by atoms with Gasteiger partial charge in [0.05, 0.1) is 44.2 Å². The Labute approximate surface area is 343 Å². The molecule has 4 rings (SSSR count). The first-order valence-corrected chi connectivity index (χ1v) is 13.6. The van der Waals surface area contributed by atoms with Gasteiger partial charge in [0.1, 0.15) is 31.6 Å². The summed E-state index contributed by atoms with van der Waals surface area (Å²) in [6, 6.07) is 7.79. The number of benzene rings is 2. The number of carbonyl (C=O) groups is 3. The molecule has 1 aliphatic rings. The second-order valence-corrected chi connectivity index (χ2v) is 10.7. The van der Waals surface area contributed by atoms with E-state index in [0.717, 1.165) is 66.8 Å². The minimum absolute atomic E-state index is 0. The Kier molecular flexibility index (Phi) is 16.8. The van der Waals surface area contributed by atoms with Crippen molar-refractivity contribution >= 4 is 55.6 Å². The van der Waals surface area contributed by atoms with Crippen LogP contribution >= 0.6 is 0 Å². The summed E-state index contributed by atoms with van der Waals surface area (Å²) in [6.45, 7) is 0. The number of aromatic nitrogens is 2. The maximum absolute atomic E-state index is 12.9. The van der Waals surface area contributed by atoms with Crippen LogP contribution in [0.3, 0.4) is 0 Å². The number of carboxylic acids is 2. The molecule has 0 saturated heterocycles. The third kappa shape index (κ3) is 9.92. The second kappa shape index (κ2) is 17.3. The maximum atomic E-state index is 12.9. The molecule has 1 aliphatic heterocycles. The van der Waals surface area contributed by atoms with E-state index < -0.39 is 76.3 Å². The van der Waals surface area contributed by atoms with E-state index in [-0.39, 0.29) is 130 Å². The van der Waals surface area contributed by atoms with Gasteiger partial charge in [0.2, 0.25) is 5.88 Å². The molecule has 22 heteroatoms. The molecule has 212 valence electrons. The zero-order valence-electron chi connectivity index (χ0n) is 23.9. The molecule has 3 aromatic rings. The predicted molar refractivity (Wildman–Crippen MR) is 129 cm³/mol. The number of carboxylic acid groups (broad SMARTS) is 2. The van der Waals surface area contributed by atoms with E-state index in [4.69, 9.17) is 0 Å². The fourth-order valence-electron chi connectivity index (χ4n) is 3.54. The van der Waals surface area contributed by atoms with E-state index in [1.165, 1.54) is 0 Å². The number of aromatic carboxylic acids is 1. The van der Waals surface area contributed by atoms with Crippen LogP contribution in [0.5, 0.6) is 5.88 Å². The topological polar surface area (TPSA) is 265 Å². The Bertz CT molecular complexity index is 1920. The Morgan fingerprint density at radius 2 is 1.24 bits per heavy atom. The predicted octanol–water partition coefficient (Wildman–Crippen LogP) is -14.1. The van der Waals surface area contributed by atoms with Crippen LogP contribution < -0.4 is 133 Å². The van der Waals surface area contributed by atoms with Gasteiger partial charge < -0.3 is 34.0 Å². The molecule has 16 nitrogen and oxygen atoms in total. The van der Waals surface area contributed by atoms with Gasteiger partial charge in [-0.1, -0.05) is 6.08 Å². The number of allylic oxidation sites excluding steroid dienone is 2. The first-order valence-electron chi connectivity index (χ1n) is 10.8. The van der Waals surface area contributed by atoms with Gasteiger partial charge in [-0.3, -0.25) is 4.79 Å². The SMILES string of the molecule is O=C([O-])C1=NN(c2ccc(S(=O)(=O)[O-])cc2)C(=O)C1=CC=Cc1c(C(=O)[O-])nn(-c2ccc(S(=O)(=O)[O-])cc2)c1O.[Na+].[Na+].[Na+].[Na+]. The van der Waals surface area contributed by atoms with Crippen molar-refractivity contribution in [1.82, 2.24) is 9.78 Å². The molecule has 0 fully saturated rings. The Morgan fingerprint density at radius 1 is 0.778 bits per heavy atom. The molecule has 2 heterocycles.